The van der Waals surface area contributed by atoms with Crippen LogP contribution in [0.4, 0.5) is 0 Å². The molecule has 4 rings (SSSR count). The molecular weight excluding hydrogens is 332 g/mol. The Kier molecular flexibility index (Phi) is 4.18. The summed E-state index contributed by atoms with van der Waals surface area (Å²) in [7, 11) is 0. The Morgan fingerprint density at radius 3 is 2.81 bits per heavy atom. The summed E-state index contributed by atoms with van der Waals surface area (Å²) < 4.78 is 5.14. The molecule has 2 aromatic carbocycles. The van der Waals surface area contributed by atoms with Gasteiger partial charge in [0, 0.05) is 18.2 Å². The number of aromatic nitrogens is 2. The van der Waals surface area contributed by atoms with Crippen LogP contribution in [-0.2, 0) is 11.2 Å². The number of rotatable bonds is 6. The van der Waals surface area contributed by atoms with Crippen molar-refractivity contribution >= 4 is 28.3 Å². The lowest BCUT2D eigenvalue weighted by Gasteiger charge is -2.05. The van der Waals surface area contributed by atoms with Gasteiger partial charge in [0.05, 0.1) is 23.1 Å². The first-order chi connectivity index (χ1) is 12.7. The number of hydrogen-bond donors (Lipinski definition) is 2. The number of nitrogens with one attached hydrogen (secondary N) is 1. The van der Waals surface area contributed by atoms with E-state index in [1.807, 2.05) is 24.4 Å². The summed E-state index contributed by atoms with van der Waals surface area (Å²) in [5, 5.41) is 25.3. The third-order valence-corrected chi connectivity index (χ3v) is 4.15. The fourth-order valence-corrected chi connectivity index (χ4v) is 2.88. The Morgan fingerprint density at radius 2 is 2.00 bits per heavy atom. The quantitative estimate of drug-likeness (QED) is 0.715. The largest absolute Gasteiger partial charge is 0.482 e. The molecule has 1 aliphatic heterocycles. The number of aliphatic carboxylic acids is 1. The van der Waals surface area contributed by atoms with Crippen molar-refractivity contribution < 1.29 is 14.6 Å². The van der Waals surface area contributed by atoms with Crippen LogP contribution in [0.25, 0.3) is 10.9 Å². The molecule has 0 amide bonds. The Balaban J connectivity index is 1.38. The molecule has 0 spiro atoms. The third kappa shape index (κ3) is 3.46. The number of nitrogens with zero attached hydrogens (tertiary/aromatic N) is 3. The standard InChI is InChI=1S/C19H16N4O3/c24-19(25)11-26-16-4-2-13(3-5-16)18-9-15(21-23-18)8-12-1-6-17-14(7-12)10-20-22-17/h1-7,10H,8-9,11H2,(H,20,22)(H,24,25). The lowest BCUT2D eigenvalue weighted by atomic mass is 10.0. The zero-order valence-electron chi connectivity index (χ0n) is 13.8. The number of benzene rings is 2. The number of hydrogen-bond acceptors (Lipinski definition) is 5. The van der Waals surface area contributed by atoms with Crippen molar-refractivity contribution in [2.75, 3.05) is 6.61 Å². The van der Waals surface area contributed by atoms with Crippen LogP contribution in [0.1, 0.15) is 17.5 Å². The SMILES string of the molecule is O=C(O)COc1ccc(C2=NN=C(Cc3ccc4[nH]ncc4c3)C2)cc1. The summed E-state index contributed by atoms with van der Waals surface area (Å²) in [5.41, 5.74) is 5.05. The van der Waals surface area contributed by atoms with E-state index in [4.69, 9.17) is 9.84 Å². The van der Waals surface area contributed by atoms with Crippen molar-refractivity contribution in [2.45, 2.75) is 12.8 Å². The Hall–Kier alpha value is -3.48. The van der Waals surface area contributed by atoms with Gasteiger partial charge in [-0.25, -0.2) is 4.79 Å². The molecule has 3 aromatic rings. The summed E-state index contributed by atoms with van der Waals surface area (Å²) in [6.45, 7) is -0.353. The molecule has 0 radical (unpaired) electrons. The smallest absolute Gasteiger partial charge is 0.341 e. The highest BCUT2D eigenvalue weighted by molar-refractivity contribution is 6.15. The van der Waals surface area contributed by atoms with Gasteiger partial charge in [-0.1, -0.05) is 6.07 Å². The Morgan fingerprint density at radius 1 is 1.15 bits per heavy atom. The van der Waals surface area contributed by atoms with Gasteiger partial charge in [-0.2, -0.15) is 15.3 Å². The zero-order valence-corrected chi connectivity index (χ0v) is 13.8. The van der Waals surface area contributed by atoms with Crippen LogP contribution in [0.15, 0.2) is 58.9 Å². The van der Waals surface area contributed by atoms with Crippen LogP contribution in [0.5, 0.6) is 5.75 Å². The third-order valence-electron chi connectivity index (χ3n) is 4.15. The summed E-state index contributed by atoms with van der Waals surface area (Å²) >= 11 is 0. The number of ether oxygens (including phenoxy) is 1. The molecule has 0 aliphatic carbocycles. The minimum Gasteiger partial charge on any atom is -0.482 e. The second-order valence-electron chi connectivity index (χ2n) is 6.06. The first kappa shape index (κ1) is 16.0. The van der Waals surface area contributed by atoms with Gasteiger partial charge < -0.3 is 9.84 Å². The van der Waals surface area contributed by atoms with Crippen molar-refractivity contribution in [1.29, 1.82) is 0 Å². The highest BCUT2D eigenvalue weighted by atomic mass is 16.5. The normalized spacial score (nSPS) is 13.5. The van der Waals surface area contributed by atoms with Gasteiger partial charge in [0.15, 0.2) is 6.61 Å². The van der Waals surface area contributed by atoms with E-state index in [1.165, 1.54) is 5.56 Å². The molecule has 1 aromatic heterocycles. The maximum absolute atomic E-state index is 10.5. The van der Waals surface area contributed by atoms with Crippen molar-refractivity contribution in [2.24, 2.45) is 10.2 Å². The molecule has 7 nitrogen and oxygen atoms in total. The molecule has 0 atom stereocenters. The minimum absolute atomic E-state index is 0.353. The van der Waals surface area contributed by atoms with Gasteiger partial charge in [0.25, 0.3) is 0 Å². The molecule has 1 aliphatic rings. The van der Waals surface area contributed by atoms with Gasteiger partial charge in [-0.05, 0) is 47.5 Å². The summed E-state index contributed by atoms with van der Waals surface area (Å²) in [6, 6.07) is 13.4. The van der Waals surface area contributed by atoms with Crippen LogP contribution in [0, 0.1) is 0 Å². The van der Waals surface area contributed by atoms with Gasteiger partial charge >= 0.3 is 5.97 Å². The maximum Gasteiger partial charge on any atom is 0.341 e. The van der Waals surface area contributed by atoms with Crippen molar-refractivity contribution in [3.05, 3.63) is 59.8 Å². The van der Waals surface area contributed by atoms with Crippen molar-refractivity contribution in [3.8, 4) is 5.75 Å². The molecule has 2 N–H and O–H groups in total. The minimum atomic E-state index is -0.999. The van der Waals surface area contributed by atoms with Crippen LogP contribution in [0.2, 0.25) is 0 Å². The highest BCUT2D eigenvalue weighted by Crippen LogP contribution is 2.19. The fourth-order valence-electron chi connectivity index (χ4n) is 2.88. The van der Waals surface area contributed by atoms with Gasteiger partial charge in [0.2, 0.25) is 0 Å². The molecule has 2 heterocycles. The van der Waals surface area contributed by atoms with E-state index in [1.54, 1.807) is 12.1 Å². The van der Waals surface area contributed by atoms with E-state index in [0.29, 0.717) is 12.2 Å². The van der Waals surface area contributed by atoms with Crippen molar-refractivity contribution in [1.82, 2.24) is 10.2 Å². The number of fused-ring (bicyclic) bond motifs is 1. The number of carboxylic acids is 1. The molecule has 0 fully saturated rings. The highest BCUT2D eigenvalue weighted by Gasteiger charge is 2.15. The molecule has 26 heavy (non-hydrogen) atoms. The lowest BCUT2D eigenvalue weighted by molar-refractivity contribution is -0.139. The van der Waals surface area contributed by atoms with Gasteiger partial charge in [0.1, 0.15) is 5.75 Å². The van der Waals surface area contributed by atoms with Crippen LogP contribution < -0.4 is 4.74 Å². The summed E-state index contributed by atoms with van der Waals surface area (Å²) in [5.74, 6) is -0.481. The Labute approximate surface area is 149 Å². The van der Waals surface area contributed by atoms with Crippen molar-refractivity contribution in [3.63, 3.8) is 0 Å². The average Bonchev–Trinajstić information content (AvgIpc) is 3.29. The van der Waals surface area contributed by atoms with Crippen LogP contribution in [-0.4, -0.2) is 39.3 Å². The van der Waals surface area contributed by atoms with E-state index in [0.717, 1.165) is 34.3 Å². The summed E-state index contributed by atoms with van der Waals surface area (Å²) in [6.07, 6.45) is 3.25. The van der Waals surface area contributed by atoms with E-state index >= 15 is 0 Å². The first-order valence-corrected chi connectivity index (χ1v) is 8.17. The first-order valence-electron chi connectivity index (χ1n) is 8.17. The predicted octanol–water partition coefficient (Wildman–Crippen LogP) is 2.82. The van der Waals surface area contributed by atoms with Crippen LogP contribution in [0.3, 0.4) is 0 Å². The second kappa shape index (κ2) is 6.79. The fraction of sp³-hybridized carbons (Fsp3) is 0.158. The van der Waals surface area contributed by atoms with E-state index in [-0.39, 0.29) is 6.61 Å². The summed E-state index contributed by atoms with van der Waals surface area (Å²) in [4.78, 5) is 10.5. The van der Waals surface area contributed by atoms with Gasteiger partial charge in [-0.15, -0.1) is 0 Å². The zero-order chi connectivity index (χ0) is 17.9. The van der Waals surface area contributed by atoms with E-state index < -0.39 is 5.97 Å². The van der Waals surface area contributed by atoms with Gasteiger partial charge in [-0.3, -0.25) is 5.10 Å². The van der Waals surface area contributed by atoms with E-state index in [2.05, 4.69) is 32.5 Å². The van der Waals surface area contributed by atoms with Crippen LogP contribution >= 0.6 is 0 Å². The second-order valence-corrected chi connectivity index (χ2v) is 6.06. The maximum atomic E-state index is 10.5. The molecule has 130 valence electrons. The molecule has 0 unspecified atom stereocenters. The number of H-pyrrole nitrogens is 1. The number of carboxylic acid groups (broad SMARTS) is 1. The monoisotopic (exact) mass is 348 g/mol. The topological polar surface area (TPSA) is 99.9 Å². The lowest BCUT2D eigenvalue weighted by Crippen LogP contribution is -2.10. The average molecular weight is 348 g/mol. The Bertz CT molecular complexity index is 1020. The van der Waals surface area contributed by atoms with E-state index in [9.17, 15) is 4.79 Å². The molecule has 7 heteroatoms. The molecule has 0 saturated carbocycles. The molecular formula is C19H16N4O3. The predicted molar refractivity (Wildman–Crippen MR) is 98.0 cm³/mol. The molecule has 0 bridgehead atoms. The number of aromatic amines is 1. The molecule has 0 saturated heterocycles. The number of carbonyl (C=O) groups is 1.